The number of nitrogens with one attached hydrogen (secondary N) is 2. The minimum atomic E-state index is -0.524. The van der Waals surface area contributed by atoms with Crippen LogP contribution in [-0.4, -0.2) is 29.8 Å². The zero-order chi connectivity index (χ0) is 17.4. The molecule has 6 nitrogen and oxygen atoms in total. The molecule has 2 rings (SSSR count). The molecule has 0 aromatic heterocycles. The maximum Gasteiger partial charge on any atom is 0.339 e. The molecule has 3 N–H and O–H groups in total. The lowest BCUT2D eigenvalue weighted by Gasteiger charge is -2.09. The first-order valence-corrected chi connectivity index (χ1v) is 7.77. The first-order chi connectivity index (χ1) is 11.6. The summed E-state index contributed by atoms with van der Waals surface area (Å²) in [6.07, 6.45) is 0.574. The molecule has 7 heteroatoms. The molecule has 0 atom stereocenters. The van der Waals surface area contributed by atoms with Gasteiger partial charge in [0.05, 0.1) is 5.56 Å². The summed E-state index contributed by atoms with van der Waals surface area (Å²) in [6.45, 7) is 0.0850. The van der Waals surface area contributed by atoms with Crippen molar-refractivity contribution in [3.8, 4) is 0 Å². The van der Waals surface area contributed by atoms with Gasteiger partial charge < -0.3 is 20.5 Å². The van der Waals surface area contributed by atoms with E-state index in [1.54, 1.807) is 24.3 Å². The van der Waals surface area contributed by atoms with Gasteiger partial charge in [-0.25, -0.2) is 9.59 Å². The molecule has 0 saturated heterocycles. The number of aliphatic hydroxyl groups is 1. The number of hydrogen-bond acceptors (Lipinski definition) is 4. The molecule has 0 bridgehead atoms. The molecule has 2 aromatic carbocycles. The van der Waals surface area contributed by atoms with Crippen LogP contribution >= 0.6 is 11.6 Å². The highest BCUT2D eigenvalue weighted by Crippen LogP contribution is 2.13. The first-order valence-electron chi connectivity index (χ1n) is 7.23. The number of benzene rings is 2. The Bertz CT molecular complexity index is 687. The first kappa shape index (κ1) is 17.8. The molecule has 2 amide bonds. The molecular weight excluding hydrogens is 332 g/mol. The van der Waals surface area contributed by atoms with Crippen LogP contribution in [0.2, 0.25) is 0 Å². The Morgan fingerprint density at radius 2 is 1.50 bits per heavy atom. The van der Waals surface area contributed by atoms with Gasteiger partial charge in [-0.3, -0.25) is 0 Å². The van der Waals surface area contributed by atoms with Gasteiger partial charge in [-0.05, 0) is 48.4 Å². The predicted octanol–water partition coefficient (Wildman–Crippen LogP) is 3.22. The lowest BCUT2D eigenvalue weighted by atomic mass is 10.1. The minimum absolute atomic E-state index is 0.0850. The summed E-state index contributed by atoms with van der Waals surface area (Å²) in [5, 5.41) is 14.2. The largest absolute Gasteiger partial charge is 0.446 e. The van der Waals surface area contributed by atoms with Crippen LogP contribution in [0, 0.1) is 0 Å². The van der Waals surface area contributed by atoms with E-state index in [2.05, 4.69) is 15.4 Å². The second-order valence-electron chi connectivity index (χ2n) is 4.87. The van der Waals surface area contributed by atoms with Crippen LogP contribution in [0.25, 0.3) is 0 Å². The standard InChI is InChI=1S/C17H17ClN2O4/c18-11-24-16(22)13-3-7-15(8-4-13)20-17(23)19-14-5-1-12(2-6-14)9-10-21/h1-8,21H,9-11H2,(H2,19,20,23). The summed E-state index contributed by atoms with van der Waals surface area (Å²) < 4.78 is 4.67. The summed E-state index contributed by atoms with van der Waals surface area (Å²) in [5.74, 6) is -0.524. The van der Waals surface area contributed by atoms with E-state index in [1.807, 2.05) is 12.1 Å². The molecular formula is C17H17ClN2O4. The van der Waals surface area contributed by atoms with E-state index in [1.165, 1.54) is 12.1 Å². The maximum absolute atomic E-state index is 11.9. The fraction of sp³-hybridized carbons (Fsp3) is 0.176. The number of aliphatic hydroxyl groups excluding tert-OH is 1. The molecule has 0 heterocycles. The summed E-state index contributed by atoms with van der Waals surface area (Å²) in [7, 11) is 0. The van der Waals surface area contributed by atoms with E-state index >= 15 is 0 Å². The van der Waals surface area contributed by atoms with Gasteiger partial charge in [0.2, 0.25) is 0 Å². The van der Waals surface area contributed by atoms with Crippen LogP contribution in [0.4, 0.5) is 16.2 Å². The van der Waals surface area contributed by atoms with Gasteiger partial charge >= 0.3 is 12.0 Å². The van der Waals surface area contributed by atoms with Crippen molar-refractivity contribution in [2.45, 2.75) is 6.42 Å². The van der Waals surface area contributed by atoms with Crippen molar-refractivity contribution in [2.24, 2.45) is 0 Å². The van der Waals surface area contributed by atoms with E-state index in [-0.39, 0.29) is 12.7 Å². The van der Waals surface area contributed by atoms with Gasteiger partial charge in [0.1, 0.15) is 0 Å². The summed E-state index contributed by atoms with van der Waals surface area (Å²) in [6, 6.07) is 12.8. The van der Waals surface area contributed by atoms with Gasteiger partial charge in [-0.15, -0.1) is 0 Å². The summed E-state index contributed by atoms with van der Waals surface area (Å²) in [5.41, 5.74) is 2.51. The molecule has 2 aromatic rings. The molecule has 24 heavy (non-hydrogen) atoms. The van der Waals surface area contributed by atoms with Crippen molar-refractivity contribution in [3.05, 3.63) is 59.7 Å². The van der Waals surface area contributed by atoms with Crippen LogP contribution in [-0.2, 0) is 11.2 Å². The van der Waals surface area contributed by atoms with E-state index < -0.39 is 12.0 Å². The molecule has 0 aliphatic carbocycles. The van der Waals surface area contributed by atoms with Crippen molar-refractivity contribution in [2.75, 3.05) is 23.3 Å². The topological polar surface area (TPSA) is 87.7 Å². The van der Waals surface area contributed by atoms with Crippen LogP contribution in [0.15, 0.2) is 48.5 Å². The molecule has 0 fully saturated rings. The normalized spacial score (nSPS) is 10.1. The molecule has 126 valence electrons. The summed E-state index contributed by atoms with van der Waals surface area (Å²) in [4.78, 5) is 23.4. The number of alkyl halides is 1. The van der Waals surface area contributed by atoms with Gasteiger partial charge in [0.25, 0.3) is 0 Å². The van der Waals surface area contributed by atoms with Crippen molar-refractivity contribution in [1.29, 1.82) is 0 Å². The zero-order valence-electron chi connectivity index (χ0n) is 12.8. The van der Waals surface area contributed by atoms with Gasteiger partial charge in [-0.2, -0.15) is 0 Å². The molecule has 0 aliphatic rings. The smallest absolute Gasteiger partial charge is 0.339 e. The molecule has 0 saturated carbocycles. The monoisotopic (exact) mass is 348 g/mol. The Kier molecular flexibility index (Phi) is 6.60. The Morgan fingerprint density at radius 1 is 0.958 bits per heavy atom. The fourth-order valence-electron chi connectivity index (χ4n) is 2.00. The van der Waals surface area contributed by atoms with Crippen LogP contribution in [0.1, 0.15) is 15.9 Å². The second-order valence-corrected chi connectivity index (χ2v) is 5.09. The third-order valence-electron chi connectivity index (χ3n) is 3.18. The lowest BCUT2D eigenvalue weighted by Crippen LogP contribution is -2.19. The minimum Gasteiger partial charge on any atom is -0.446 e. The average molecular weight is 349 g/mol. The second kappa shape index (κ2) is 8.90. The number of esters is 1. The Balaban J connectivity index is 1.91. The lowest BCUT2D eigenvalue weighted by molar-refractivity contribution is 0.0574. The quantitative estimate of drug-likeness (QED) is 0.552. The number of rotatable bonds is 6. The third kappa shape index (κ3) is 5.26. The molecule has 0 unspecified atom stereocenters. The number of hydrogen-bond donors (Lipinski definition) is 3. The van der Waals surface area contributed by atoms with Crippen molar-refractivity contribution in [3.63, 3.8) is 0 Å². The van der Waals surface area contributed by atoms with Gasteiger partial charge in [0.15, 0.2) is 6.07 Å². The Morgan fingerprint density at radius 3 is 2.00 bits per heavy atom. The fourth-order valence-corrected chi connectivity index (χ4v) is 2.10. The Hall–Kier alpha value is -2.57. The number of amides is 2. The molecule has 0 spiro atoms. The molecule has 0 radical (unpaired) electrons. The van der Waals surface area contributed by atoms with Crippen molar-refractivity contribution >= 4 is 35.0 Å². The summed E-state index contributed by atoms with van der Waals surface area (Å²) >= 11 is 5.33. The highest BCUT2D eigenvalue weighted by Gasteiger charge is 2.07. The number of carbonyl (C=O) groups is 2. The number of urea groups is 1. The maximum atomic E-state index is 11.9. The zero-order valence-corrected chi connectivity index (χ0v) is 13.5. The van der Waals surface area contributed by atoms with Crippen molar-refractivity contribution < 1.29 is 19.4 Å². The Labute approximate surface area is 144 Å². The number of anilines is 2. The average Bonchev–Trinajstić information content (AvgIpc) is 2.58. The highest BCUT2D eigenvalue weighted by molar-refractivity contribution is 6.17. The third-order valence-corrected chi connectivity index (χ3v) is 3.29. The van der Waals surface area contributed by atoms with E-state index in [0.29, 0.717) is 23.4 Å². The van der Waals surface area contributed by atoms with E-state index in [0.717, 1.165) is 5.56 Å². The molecule has 0 aliphatic heterocycles. The SMILES string of the molecule is O=C(Nc1ccc(CCO)cc1)Nc1ccc(C(=O)OCCl)cc1. The van der Waals surface area contributed by atoms with Crippen LogP contribution < -0.4 is 10.6 Å². The number of halogens is 1. The van der Waals surface area contributed by atoms with Gasteiger partial charge in [0, 0.05) is 18.0 Å². The van der Waals surface area contributed by atoms with E-state index in [9.17, 15) is 9.59 Å². The van der Waals surface area contributed by atoms with Crippen molar-refractivity contribution in [1.82, 2.24) is 0 Å². The highest BCUT2D eigenvalue weighted by atomic mass is 35.5. The number of ether oxygens (including phenoxy) is 1. The predicted molar refractivity (Wildman–Crippen MR) is 92.5 cm³/mol. The van der Waals surface area contributed by atoms with Crippen LogP contribution in [0.5, 0.6) is 0 Å². The van der Waals surface area contributed by atoms with E-state index in [4.69, 9.17) is 16.7 Å². The van der Waals surface area contributed by atoms with Gasteiger partial charge in [-0.1, -0.05) is 23.7 Å². The van der Waals surface area contributed by atoms with Crippen LogP contribution in [0.3, 0.4) is 0 Å². The number of carbonyl (C=O) groups excluding carboxylic acids is 2.